The molecule has 1 aromatic heterocycles. The molecule has 12 heavy (non-hydrogen) atoms. The monoisotopic (exact) mass is 216 g/mol. The molecular weight excluding hydrogens is 212 g/mol. The highest BCUT2D eigenvalue weighted by atomic mass is 35.5. The largest absolute Gasteiger partial charge is 0.289 e. The average Bonchev–Trinajstić information content (AvgIpc) is 2.53. The zero-order valence-corrected chi connectivity index (χ0v) is 8.43. The maximum absolute atomic E-state index is 11.5. The smallest absolute Gasteiger partial charge is 0.192 e. The molecule has 2 heterocycles. The Morgan fingerprint density at radius 2 is 2.42 bits per heavy atom. The molecule has 0 atom stereocenters. The van der Waals surface area contributed by atoms with E-state index in [1.54, 1.807) is 23.1 Å². The van der Waals surface area contributed by atoms with Gasteiger partial charge in [-0.15, -0.1) is 23.1 Å². The standard InChI is InChI=1S/C8H5ClOS2/c9-3-5-4-12-8-6(7(5)10)1-2-11-8/h1-3H,4H2. The second-order valence-electron chi connectivity index (χ2n) is 2.37. The summed E-state index contributed by atoms with van der Waals surface area (Å²) in [4.78, 5) is 11.5. The van der Waals surface area contributed by atoms with Gasteiger partial charge in [0.15, 0.2) is 5.78 Å². The first-order valence-electron chi connectivity index (χ1n) is 3.37. The van der Waals surface area contributed by atoms with Crippen molar-refractivity contribution in [3.8, 4) is 0 Å². The minimum Gasteiger partial charge on any atom is -0.289 e. The molecule has 1 aliphatic heterocycles. The average molecular weight is 217 g/mol. The Labute approximate surface area is 83.4 Å². The van der Waals surface area contributed by atoms with Crippen LogP contribution in [0, 0.1) is 0 Å². The highest BCUT2D eigenvalue weighted by Gasteiger charge is 2.22. The summed E-state index contributed by atoms with van der Waals surface area (Å²) in [6.45, 7) is 0. The third-order valence-electron chi connectivity index (χ3n) is 1.66. The third-order valence-corrected chi connectivity index (χ3v) is 4.21. The van der Waals surface area contributed by atoms with E-state index in [2.05, 4.69) is 0 Å². The van der Waals surface area contributed by atoms with Crippen molar-refractivity contribution in [3.63, 3.8) is 0 Å². The Bertz CT molecular complexity index is 354. The Morgan fingerprint density at radius 3 is 3.17 bits per heavy atom. The molecular formula is C8H5ClOS2. The lowest BCUT2D eigenvalue weighted by Crippen LogP contribution is -2.09. The number of thiophene rings is 1. The lowest BCUT2D eigenvalue weighted by molar-refractivity contribution is 0.103. The Morgan fingerprint density at radius 1 is 1.58 bits per heavy atom. The van der Waals surface area contributed by atoms with E-state index in [0.717, 1.165) is 9.77 Å². The first-order chi connectivity index (χ1) is 5.83. The molecule has 0 unspecified atom stereocenters. The zero-order chi connectivity index (χ0) is 8.55. The van der Waals surface area contributed by atoms with E-state index < -0.39 is 0 Å². The molecule has 0 spiro atoms. The topological polar surface area (TPSA) is 17.1 Å². The van der Waals surface area contributed by atoms with Crippen LogP contribution >= 0.6 is 34.7 Å². The fraction of sp³-hybridized carbons (Fsp3) is 0.125. The van der Waals surface area contributed by atoms with Crippen LogP contribution in [0.1, 0.15) is 10.4 Å². The van der Waals surface area contributed by atoms with Crippen molar-refractivity contribution in [2.45, 2.75) is 4.21 Å². The highest BCUT2D eigenvalue weighted by molar-refractivity contribution is 8.01. The Balaban J connectivity index is 2.49. The van der Waals surface area contributed by atoms with E-state index in [9.17, 15) is 4.79 Å². The minimum atomic E-state index is 0.0833. The summed E-state index contributed by atoms with van der Waals surface area (Å²) in [5.41, 5.74) is 2.89. The van der Waals surface area contributed by atoms with E-state index in [1.165, 1.54) is 5.54 Å². The van der Waals surface area contributed by atoms with Gasteiger partial charge in [-0.1, -0.05) is 11.6 Å². The van der Waals surface area contributed by atoms with Gasteiger partial charge in [0, 0.05) is 22.4 Å². The second kappa shape index (κ2) is 3.24. The molecule has 0 fully saturated rings. The molecule has 0 saturated heterocycles. The van der Waals surface area contributed by atoms with Crippen molar-refractivity contribution in [3.05, 3.63) is 28.1 Å². The summed E-state index contributed by atoms with van der Waals surface area (Å²) in [6, 6.07) is 1.86. The van der Waals surface area contributed by atoms with E-state index in [1.807, 2.05) is 11.4 Å². The van der Waals surface area contributed by atoms with Gasteiger partial charge in [-0.25, -0.2) is 0 Å². The third kappa shape index (κ3) is 1.22. The molecule has 2 rings (SSSR count). The number of rotatable bonds is 0. The number of hydrogen-bond acceptors (Lipinski definition) is 3. The number of ketones is 1. The van der Waals surface area contributed by atoms with Gasteiger partial charge in [-0.2, -0.15) is 0 Å². The van der Waals surface area contributed by atoms with Crippen molar-refractivity contribution in [2.75, 3.05) is 5.75 Å². The number of halogens is 1. The van der Waals surface area contributed by atoms with E-state index in [4.69, 9.17) is 11.6 Å². The van der Waals surface area contributed by atoms with Gasteiger partial charge < -0.3 is 0 Å². The molecule has 1 aliphatic rings. The van der Waals surface area contributed by atoms with Gasteiger partial charge in [0.2, 0.25) is 0 Å². The van der Waals surface area contributed by atoms with Crippen LogP contribution < -0.4 is 0 Å². The zero-order valence-electron chi connectivity index (χ0n) is 6.04. The summed E-state index contributed by atoms with van der Waals surface area (Å²) in [5, 5.41) is 1.94. The van der Waals surface area contributed by atoms with Crippen LogP contribution in [0.25, 0.3) is 0 Å². The van der Waals surface area contributed by atoms with Crippen LogP contribution in [-0.4, -0.2) is 11.5 Å². The van der Waals surface area contributed by atoms with Crippen LogP contribution in [0.3, 0.4) is 0 Å². The van der Waals surface area contributed by atoms with E-state index in [0.29, 0.717) is 11.3 Å². The van der Waals surface area contributed by atoms with Crippen LogP contribution in [-0.2, 0) is 0 Å². The first-order valence-corrected chi connectivity index (χ1v) is 5.67. The van der Waals surface area contributed by atoms with Crippen LogP contribution in [0.2, 0.25) is 0 Å². The molecule has 0 amide bonds. The van der Waals surface area contributed by atoms with Gasteiger partial charge in [-0.05, 0) is 11.4 Å². The maximum atomic E-state index is 11.5. The van der Waals surface area contributed by atoms with Crippen LogP contribution in [0.4, 0.5) is 0 Å². The number of fused-ring (bicyclic) bond motifs is 1. The Kier molecular flexibility index (Phi) is 2.26. The number of carbonyl (C=O) groups is 1. The lowest BCUT2D eigenvalue weighted by atomic mass is 10.1. The molecule has 0 bridgehead atoms. The van der Waals surface area contributed by atoms with Gasteiger partial charge in [0.1, 0.15) is 0 Å². The van der Waals surface area contributed by atoms with Gasteiger partial charge in [0.25, 0.3) is 0 Å². The van der Waals surface area contributed by atoms with Crippen LogP contribution in [0.15, 0.2) is 26.8 Å². The molecule has 1 nitrogen and oxygen atoms in total. The maximum Gasteiger partial charge on any atom is 0.192 e. The summed E-state index contributed by atoms with van der Waals surface area (Å²) in [5.74, 6) is 0.788. The summed E-state index contributed by atoms with van der Waals surface area (Å²) >= 11 is 8.81. The van der Waals surface area contributed by atoms with Crippen LogP contribution in [0.5, 0.6) is 0 Å². The fourth-order valence-corrected chi connectivity index (χ4v) is 3.35. The predicted molar refractivity (Wildman–Crippen MR) is 53.3 cm³/mol. The van der Waals surface area contributed by atoms with Crippen molar-refractivity contribution in [2.24, 2.45) is 0 Å². The quantitative estimate of drug-likeness (QED) is 0.620. The normalized spacial score (nSPS) is 19.8. The fourth-order valence-electron chi connectivity index (χ4n) is 1.04. The van der Waals surface area contributed by atoms with Crippen molar-refractivity contribution in [1.82, 2.24) is 0 Å². The molecule has 1 aromatic rings. The second-order valence-corrected chi connectivity index (χ2v) is 4.75. The van der Waals surface area contributed by atoms with E-state index >= 15 is 0 Å². The van der Waals surface area contributed by atoms with Crippen molar-refractivity contribution < 1.29 is 4.79 Å². The summed E-state index contributed by atoms with van der Waals surface area (Å²) < 4.78 is 1.11. The SMILES string of the molecule is O=C1C(=CCl)CSc2sccc21. The minimum absolute atomic E-state index is 0.0833. The molecule has 0 aromatic carbocycles. The molecule has 4 heteroatoms. The first kappa shape index (κ1) is 8.35. The molecule has 62 valence electrons. The van der Waals surface area contributed by atoms with E-state index in [-0.39, 0.29) is 5.78 Å². The molecule has 0 radical (unpaired) electrons. The number of hydrogen-bond donors (Lipinski definition) is 0. The van der Waals surface area contributed by atoms with Gasteiger partial charge in [-0.3, -0.25) is 4.79 Å². The molecule has 0 saturated carbocycles. The Hall–Kier alpha value is -0.250. The summed E-state index contributed by atoms with van der Waals surface area (Å²) in [6.07, 6.45) is 0. The predicted octanol–water partition coefficient (Wildman–Crippen LogP) is 3.16. The number of Topliss-reactive ketones (excluding diaryl/α,β-unsaturated/α-hetero) is 1. The lowest BCUT2D eigenvalue weighted by Gasteiger charge is -2.11. The van der Waals surface area contributed by atoms with Gasteiger partial charge >= 0.3 is 0 Å². The molecule has 0 aliphatic carbocycles. The number of carbonyl (C=O) groups excluding carboxylic acids is 1. The van der Waals surface area contributed by atoms with Crippen molar-refractivity contribution in [1.29, 1.82) is 0 Å². The number of thioether (sulfide) groups is 1. The van der Waals surface area contributed by atoms with Gasteiger partial charge in [0.05, 0.1) is 4.21 Å². The highest BCUT2D eigenvalue weighted by Crippen LogP contribution is 2.36. The molecule has 0 N–H and O–H groups in total. The summed E-state index contributed by atoms with van der Waals surface area (Å²) in [7, 11) is 0. The van der Waals surface area contributed by atoms with Crippen molar-refractivity contribution >= 4 is 40.5 Å².